The molecule has 1 aliphatic carbocycles. The van der Waals surface area contributed by atoms with E-state index in [1.54, 1.807) is 11.1 Å². The van der Waals surface area contributed by atoms with E-state index >= 15 is 0 Å². The number of hydrogen-bond donors (Lipinski definition) is 1. The van der Waals surface area contributed by atoms with Crippen LogP contribution in [0.25, 0.3) is 11.3 Å². The number of benzene rings is 1. The molecule has 0 radical (unpaired) electrons. The van der Waals surface area contributed by atoms with Crippen molar-refractivity contribution in [3.8, 4) is 11.3 Å². The Hall–Kier alpha value is -1.57. The number of H-pyrrole nitrogens is 1. The van der Waals surface area contributed by atoms with Crippen LogP contribution in [0.2, 0.25) is 0 Å². The lowest BCUT2D eigenvalue weighted by Crippen LogP contribution is -2.06. The molecule has 0 bridgehead atoms. The monoisotopic (exact) mass is 254 g/mol. The molecule has 100 valence electrons. The smallest absolute Gasteiger partial charge is 0.109 e. The van der Waals surface area contributed by atoms with Gasteiger partial charge in [0.05, 0.1) is 11.9 Å². The largest absolute Gasteiger partial charge is 0.342 e. The molecule has 1 aromatic heterocycles. The predicted molar refractivity (Wildman–Crippen MR) is 79.5 cm³/mol. The third kappa shape index (κ3) is 2.20. The summed E-state index contributed by atoms with van der Waals surface area (Å²) in [7, 11) is 0. The molecule has 1 aromatic carbocycles. The van der Waals surface area contributed by atoms with E-state index in [0.29, 0.717) is 5.92 Å². The molecule has 0 saturated heterocycles. The Labute approximate surface area is 115 Å². The Balaban J connectivity index is 2.09. The average molecular weight is 254 g/mol. The molecule has 2 nitrogen and oxygen atoms in total. The number of aryl methyl sites for hydroxylation is 1. The van der Waals surface area contributed by atoms with Crippen molar-refractivity contribution in [3.05, 3.63) is 40.8 Å². The fraction of sp³-hybridized carbons (Fsp3) is 0.471. The summed E-state index contributed by atoms with van der Waals surface area (Å²) in [5, 5.41) is 0. The van der Waals surface area contributed by atoms with Gasteiger partial charge in [-0.05, 0) is 49.3 Å². The van der Waals surface area contributed by atoms with Gasteiger partial charge in [-0.25, -0.2) is 4.98 Å². The molecular weight excluding hydrogens is 232 g/mol. The maximum atomic E-state index is 4.51. The summed E-state index contributed by atoms with van der Waals surface area (Å²) in [4.78, 5) is 8.00. The second-order valence-corrected chi connectivity index (χ2v) is 5.93. The van der Waals surface area contributed by atoms with E-state index in [1.807, 2.05) is 6.20 Å². The van der Waals surface area contributed by atoms with Crippen LogP contribution < -0.4 is 0 Å². The van der Waals surface area contributed by atoms with Crippen molar-refractivity contribution >= 4 is 0 Å². The van der Waals surface area contributed by atoms with Gasteiger partial charge in [-0.15, -0.1) is 0 Å². The summed E-state index contributed by atoms with van der Waals surface area (Å²) in [6.07, 6.45) is 7.09. The number of nitrogens with zero attached hydrogens (tertiary/aromatic N) is 1. The number of hydrogen-bond acceptors (Lipinski definition) is 1. The van der Waals surface area contributed by atoms with Gasteiger partial charge in [-0.2, -0.15) is 0 Å². The molecule has 19 heavy (non-hydrogen) atoms. The molecule has 0 aliphatic heterocycles. The first-order chi connectivity index (χ1) is 9.16. The van der Waals surface area contributed by atoms with E-state index in [0.717, 1.165) is 5.82 Å². The molecule has 0 fully saturated rings. The van der Waals surface area contributed by atoms with Crippen LogP contribution in [0.5, 0.6) is 0 Å². The van der Waals surface area contributed by atoms with Crippen molar-refractivity contribution in [2.24, 2.45) is 0 Å². The van der Waals surface area contributed by atoms with Crippen molar-refractivity contribution in [1.82, 2.24) is 9.97 Å². The highest BCUT2D eigenvalue weighted by Gasteiger charge is 2.17. The van der Waals surface area contributed by atoms with Gasteiger partial charge < -0.3 is 4.98 Å². The Kier molecular flexibility index (Phi) is 3.17. The normalized spacial score (nSPS) is 14.7. The Morgan fingerprint density at radius 2 is 1.84 bits per heavy atom. The summed E-state index contributed by atoms with van der Waals surface area (Å²) in [6, 6.07) is 4.52. The molecular formula is C17H22N2. The first-order valence-electron chi connectivity index (χ1n) is 7.33. The highest BCUT2D eigenvalue weighted by molar-refractivity contribution is 5.66. The van der Waals surface area contributed by atoms with Gasteiger partial charge >= 0.3 is 0 Å². The van der Waals surface area contributed by atoms with Crippen LogP contribution in [0.15, 0.2) is 18.3 Å². The molecule has 1 aliphatic rings. The predicted octanol–water partition coefficient (Wildman–Crippen LogP) is 4.39. The summed E-state index contributed by atoms with van der Waals surface area (Å²) < 4.78 is 0. The zero-order chi connectivity index (χ0) is 13.4. The Bertz CT molecular complexity index is 593. The van der Waals surface area contributed by atoms with Crippen molar-refractivity contribution < 1.29 is 0 Å². The third-order valence-electron chi connectivity index (χ3n) is 4.20. The van der Waals surface area contributed by atoms with Gasteiger partial charge in [-0.1, -0.05) is 26.0 Å². The van der Waals surface area contributed by atoms with Crippen LogP contribution in [-0.4, -0.2) is 9.97 Å². The molecule has 0 unspecified atom stereocenters. The minimum Gasteiger partial charge on any atom is -0.342 e. The van der Waals surface area contributed by atoms with Crippen molar-refractivity contribution in [2.75, 3.05) is 0 Å². The highest BCUT2D eigenvalue weighted by atomic mass is 14.9. The number of imidazole rings is 1. The zero-order valence-electron chi connectivity index (χ0n) is 12.1. The molecule has 0 spiro atoms. The topological polar surface area (TPSA) is 28.7 Å². The highest BCUT2D eigenvalue weighted by Crippen LogP contribution is 2.33. The zero-order valence-corrected chi connectivity index (χ0v) is 12.1. The van der Waals surface area contributed by atoms with Crippen LogP contribution in [0.4, 0.5) is 0 Å². The van der Waals surface area contributed by atoms with Gasteiger partial charge in [-0.3, -0.25) is 0 Å². The summed E-state index contributed by atoms with van der Waals surface area (Å²) in [5.41, 5.74) is 7.11. The van der Waals surface area contributed by atoms with Crippen LogP contribution in [-0.2, 0) is 12.8 Å². The van der Waals surface area contributed by atoms with E-state index in [2.05, 4.69) is 42.9 Å². The summed E-state index contributed by atoms with van der Waals surface area (Å²) in [6.45, 7) is 6.58. The number of rotatable bonds is 2. The van der Waals surface area contributed by atoms with Crippen LogP contribution >= 0.6 is 0 Å². The SMILES string of the molecule is Cc1ccc(-c2cnc(C(C)C)[nH]2)c2c1CCCC2. The number of nitrogens with one attached hydrogen (secondary N) is 1. The van der Waals surface area contributed by atoms with Gasteiger partial charge in [0.25, 0.3) is 0 Å². The van der Waals surface area contributed by atoms with Crippen LogP contribution in [0.3, 0.4) is 0 Å². The first kappa shape index (κ1) is 12.5. The summed E-state index contributed by atoms with van der Waals surface area (Å²) in [5.74, 6) is 1.54. The summed E-state index contributed by atoms with van der Waals surface area (Å²) >= 11 is 0. The minimum absolute atomic E-state index is 0.454. The fourth-order valence-electron chi connectivity index (χ4n) is 3.07. The number of aromatic amines is 1. The number of fused-ring (bicyclic) bond motifs is 1. The van der Waals surface area contributed by atoms with Gasteiger partial charge in [0.1, 0.15) is 5.82 Å². The van der Waals surface area contributed by atoms with Crippen molar-refractivity contribution in [2.45, 2.75) is 52.4 Å². The first-order valence-corrected chi connectivity index (χ1v) is 7.33. The van der Waals surface area contributed by atoms with E-state index < -0.39 is 0 Å². The van der Waals surface area contributed by atoms with Crippen molar-refractivity contribution in [1.29, 1.82) is 0 Å². The molecule has 1 heterocycles. The Morgan fingerprint density at radius 3 is 2.53 bits per heavy atom. The van der Waals surface area contributed by atoms with E-state index in [-0.39, 0.29) is 0 Å². The average Bonchev–Trinajstić information content (AvgIpc) is 2.89. The maximum absolute atomic E-state index is 4.51. The fourth-order valence-corrected chi connectivity index (χ4v) is 3.07. The van der Waals surface area contributed by atoms with E-state index in [4.69, 9.17) is 0 Å². The quantitative estimate of drug-likeness (QED) is 0.846. The number of aromatic nitrogens is 2. The minimum atomic E-state index is 0.454. The van der Waals surface area contributed by atoms with Crippen LogP contribution in [0.1, 0.15) is 55.1 Å². The molecule has 2 aromatic rings. The molecule has 0 saturated carbocycles. The lowest BCUT2D eigenvalue weighted by Gasteiger charge is -2.21. The van der Waals surface area contributed by atoms with Crippen LogP contribution in [0, 0.1) is 6.92 Å². The van der Waals surface area contributed by atoms with Gasteiger partial charge in [0.2, 0.25) is 0 Å². The lowest BCUT2D eigenvalue weighted by molar-refractivity contribution is 0.683. The second kappa shape index (κ2) is 4.84. The molecule has 0 atom stereocenters. The molecule has 2 heteroatoms. The molecule has 3 rings (SSSR count). The van der Waals surface area contributed by atoms with E-state index in [1.165, 1.54) is 42.5 Å². The Morgan fingerprint density at radius 1 is 1.11 bits per heavy atom. The maximum Gasteiger partial charge on any atom is 0.109 e. The van der Waals surface area contributed by atoms with Gasteiger partial charge in [0.15, 0.2) is 0 Å². The second-order valence-electron chi connectivity index (χ2n) is 5.93. The standard InChI is InChI=1S/C17H22N2/c1-11(2)17-18-10-16(19-17)15-9-8-12(3)13-6-4-5-7-14(13)15/h8-11H,4-7H2,1-3H3,(H,18,19). The molecule has 1 N–H and O–H groups in total. The molecule has 0 amide bonds. The van der Waals surface area contributed by atoms with Gasteiger partial charge in [0, 0.05) is 11.5 Å². The van der Waals surface area contributed by atoms with E-state index in [9.17, 15) is 0 Å². The van der Waals surface area contributed by atoms with Crippen molar-refractivity contribution in [3.63, 3.8) is 0 Å². The lowest BCUT2D eigenvalue weighted by atomic mass is 9.85. The third-order valence-corrected chi connectivity index (χ3v) is 4.20.